The van der Waals surface area contributed by atoms with E-state index < -0.39 is 11.4 Å². The Hall–Kier alpha value is -2.20. The number of aliphatic hydroxyl groups is 1. The van der Waals surface area contributed by atoms with Gasteiger partial charge in [-0.25, -0.2) is 0 Å². The Bertz CT molecular complexity index is 689. The molecule has 0 aliphatic heterocycles. The minimum atomic E-state index is -1.22. The van der Waals surface area contributed by atoms with Crippen LogP contribution in [0.3, 0.4) is 0 Å². The smallest absolute Gasteiger partial charge is 0.190 e. The number of hydrogen-bond acceptors (Lipinski definition) is 3. The average Bonchev–Trinajstić information content (AvgIpc) is 2.69. The molecule has 0 fully saturated rings. The lowest BCUT2D eigenvalue weighted by Crippen LogP contribution is -2.36. The topological polar surface area (TPSA) is 38.7 Å². The highest BCUT2D eigenvalue weighted by atomic mass is 16.7. The second kappa shape index (κ2) is 6.73. The van der Waals surface area contributed by atoms with Crippen LogP contribution in [-0.2, 0) is 15.1 Å². The largest absolute Gasteiger partial charge is 0.376 e. The van der Waals surface area contributed by atoms with Gasteiger partial charge in [-0.2, -0.15) is 0 Å². The van der Waals surface area contributed by atoms with Gasteiger partial charge in [0.15, 0.2) is 5.79 Å². The maximum absolute atomic E-state index is 11.7. The van der Waals surface area contributed by atoms with E-state index in [-0.39, 0.29) is 0 Å². The molecule has 0 atom stereocenters. The Balaban J connectivity index is 2.08. The van der Waals surface area contributed by atoms with Crippen LogP contribution in [0, 0.1) is 0 Å². The molecule has 2 aromatic carbocycles. The highest BCUT2D eigenvalue weighted by Crippen LogP contribution is 2.40. The summed E-state index contributed by atoms with van der Waals surface area (Å²) in [5.74, 6) is -0.766. The molecule has 2 aromatic rings. The summed E-state index contributed by atoms with van der Waals surface area (Å²) >= 11 is 0. The van der Waals surface area contributed by atoms with Gasteiger partial charge in [-0.1, -0.05) is 72.8 Å². The molecule has 0 radical (unpaired) electrons. The molecule has 3 nitrogen and oxygen atoms in total. The van der Waals surface area contributed by atoms with Crippen LogP contribution >= 0.6 is 0 Å². The van der Waals surface area contributed by atoms with E-state index in [1.807, 2.05) is 78.9 Å². The fraction of sp³-hybridized carbons (Fsp3) is 0.238. The minimum Gasteiger partial charge on any atom is -0.376 e. The Kier molecular flexibility index (Phi) is 4.67. The zero-order valence-electron chi connectivity index (χ0n) is 14.0. The summed E-state index contributed by atoms with van der Waals surface area (Å²) in [7, 11) is 3.24. The van der Waals surface area contributed by atoms with Crippen molar-refractivity contribution in [2.45, 2.75) is 17.8 Å². The number of methoxy groups -OCH3 is 2. The van der Waals surface area contributed by atoms with Crippen molar-refractivity contribution in [3.8, 4) is 0 Å². The Morgan fingerprint density at radius 3 is 1.75 bits per heavy atom. The van der Waals surface area contributed by atoms with Crippen LogP contribution in [0.1, 0.15) is 17.5 Å². The van der Waals surface area contributed by atoms with Gasteiger partial charge in [0.1, 0.15) is 5.60 Å². The highest BCUT2D eigenvalue weighted by Gasteiger charge is 2.38. The van der Waals surface area contributed by atoms with E-state index in [4.69, 9.17) is 9.47 Å². The molecule has 0 saturated heterocycles. The molecule has 3 rings (SSSR count). The number of benzene rings is 2. The number of ether oxygens (including phenoxy) is 2. The summed E-state index contributed by atoms with van der Waals surface area (Å²) in [6, 6.07) is 19.4. The van der Waals surface area contributed by atoms with Crippen LogP contribution in [-0.4, -0.2) is 25.1 Å². The quantitative estimate of drug-likeness (QED) is 0.851. The Morgan fingerprint density at radius 2 is 1.38 bits per heavy atom. The normalized spacial score (nSPS) is 16.7. The second-order valence-electron chi connectivity index (χ2n) is 5.86. The molecule has 124 valence electrons. The van der Waals surface area contributed by atoms with E-state index >= 15 is 0 Å². The van der Waals surface area contributed by atoms with Gasteiger partial charge in [0.05, 0.1) is 0 Å². The van der Waals surface area contributed by atoms with Crippen LogP contribution in [0.25, 0.3) is 0 Å². The Morgan fingerprint density at radius 1 is 0.875 bits per heavy atom. The van der Waals surface area contributed by atoms with E-state index in [1.165, 1.54) is 0 Å². The first-order chi connectivity index (χ1) is 11.6. The molecule has 1 aliphatic rings. The van der Waals surface area contributed by atoms with E-state index in [0.717, 1.165) is 16.7 Å². The summed E-state index contributed by atoms with van der Waals surface area (Å²) < 4.78 is 10.9. The lowest BCUT2D eigenvalue weighted by atomic mass is 9.77. The fourth-order valence-corrected chi connectivity index (χ4v) is 3.12. The van der Waals surface area contributed by atoms with Gasteiger partial charge in [-0.3, -0.25) is 0 Å². The van der Waals surface area contributed by atoms with Crippen molar-refractivity contribution in [2.75, 3.05) is 14.2 Å². The molecule has 0 spiro atoms. The molecule has 0 aromatic heterocycles. The molecular weight excluding hydrogens is 300 g/mol. The summed E-state index contributed by atoms with van der Waals surface area (Å²) in [5.41, 5.74) is 1.25. The van der Waals surface area contributed by atoms with Crippen molar-refractivity contribution in [1.82, 2.24) is 0 Å². The van der Waals surface area contributed by atoms with Crippen molar-refractivity contribution in [3.63, 3.8) is 0 Å². The third kappa shape index (κ3) is 2.82. The van der Waals surface area contributed by atoms with Crippen LogP contribution < -0.4 is 0 Å². The average molecular weight is 322 g/mol. The van der Waals surface area contributed by atoms with Gasteiger partial charge < -0.3 is 14.6 Å². The minimum absolute atomic E-state index is 0.536. The molecule has 24 heavy (non-hydrogen) atoms. The van der Waals surface area contributed by atoms with Crippen LogP contribution in [0.5, 0.6) is 0 Å². The van der Waals surface area contributed by atoms with Crippen molar-refractivity contribution >= 4 is 0 Å². The first-order valence-corrected chi connectivity index (χ1v) is 7.98. The molecule has 3 heteroatoms. The molecule has 0 unspecified atom stereocenters. The second-order valence-corrected chi connectivity index (χ2v) is 5.86. The van der Waals surface area contributed by atoms with Crippen molar-refractivity contribution < 1.29 is 14.6 Å². The first kappa shape index (κ1) is 16.7. The third-order valence-electron chi connectivity index (χ3n) is 4.62. The lowest BCUT2D eigenvalue weighted by Gasteiger charge is -2.35. The Labute approximate surface area is 142 Å². The van der Waals surface area contributed by atoms with E-state index in [0.29, 0.717) is 6.42 Å². The first-order valence-electron chi connectivity index (χ1n) is 7.98. The van der Waals surface area contributed by atoms with Gasteiger partial charge >= 0.3 is 0 Å². The van der Waals surface area contributed by atoms with E-state index in [1.54, 1.807) is 14.2 Å². The van der Waals surface area contributed by atoms with Gasteiger partial charge in [0.2, 0.25) is 0 Å². The van der Waals surface area contributed by atoms with Crippen LogP contribution in [0.15, 0.2) is 84.5 Å². The van der Waals surface area contributed by atoms with Crippen molar-refractivity contribution in [1.29, 1.82) is 0 Å². The molecule has 1 N–H and O–H groups in total. The predicted molar refractivity (Wildman–Crippen MR) is 94.5 cm³/mol. The molecule has 0 saturated carbocycles. The van der Waals surface area contributed by atoms with Crippen molar-refractivity contribution in [3.05, 3.63) is 95.6 Å². The maximum Gasteiger partial charge on any atom is 0.190 e. The molecule has 0 amide bonds. The van der Waals surface area contributed by atoms with Crippen molar-refractivity contribution in [2.24, 2.45) is 0 Å². The van der Waals surface area contributed by atoms with Crippen LogP contribution in [0.2, 0.25) is 0 Å². The summed E-state index contributed by atoms with van der Waals surface area (Å²) in [6.07, 6.45) is 6.26. The summed E-state index contributed by atoms with van der Waals surface area (Å²) in [4.78, 5) is 0. The zero-order chi connectivity index (χ0) is 17.0. The fourth-order valence-electron chi connectivity index (χ4n) is 3.12. The monoisotopic (exact) mass is 322 g/mol. The SMILES string of the molecule is COC1(OC)C=CC(C(O)(c2ccccc2)c2ccccc2)=CC1. The molecule has 0 heterocycles. The summed E-state index contributed by atoms with van der Waals surface area (Å²) in [6.45, 7) is 0. The number of rotatable bonds is 5. The van der Waals surface area contributed by atoms with Gasteiger partial charge in [-0.15, -0.1) is 0 Å². The third-order valence-corrected chi connectivity index (χ3v) is 4.62. The molecular formula is C21H22O3. The van der Waals surface area contributed by atoms with Crippen LogP contribution in [0.4, 0.5) is 0 Å². The summed E-state index contributed by atoms with van der Waals surface area (Å²) in [5, 5.41) is 11.7. The van der Waals surface area contributed by atoms with E-state index in [2.05, 4.69) is 0 Å². The van der Waals surface area contributed by atoms with Gasteiger partial charge in [-0.05, 0) is 22.8 Å². The molecule has 0 bridgehead atoms. The molecule has 1 aliphatic carbocycles. The highest BCUT2D eigenvalue weighted by molar-refractivity contribution is 5.50. The lowest BCUT2D eigenvalue weighted by molar-refractivity contribution is -0.168. The number of hydrogen-bond donors (Lipinski definition) is 1. The predicted octanol–water partition coefficient (Wildman–Crippen LogP) is 3.80. The van der Waals surface area contributed by atoms with E-state index in [9.17, 15) is 5.11 Å². The maximum atomic E-state index is 11.7. The standard InChI is InChI=1S/C21H22O3/c1-23-20(24-2)15-13-19(14-16-20)21(22,17-9-5-3-6-10-17)18-11-7-4-8-12-18/h3-15,22H,16H2,1-2H3. The van der Waals surface area contributed by atoms with Gasteiger partial charge in [0.25, 0.3) is 0 Å². The van der Waals surface area contributed by atoms with Gasteiger partial charge in [0, 0.05) is 20.6 Å². The zero-order valence-corrected chi connectivity index (χ0v) is 14.0.